The fourth-order valence-electron chi connectivity index (χ4n) is 5.93. The molecule has 0 saturated carbocycles. The number of hydrogen-bond acceptors (Lipinski definition) is 4. The fourth-order valence-corrected chi connectivity index (χ4v) is 5.93. The summed E-state index contributed by atoms with van der Waals surface area (Å²) in [4.78, 5) is 26.1. The third kappa shape index (κ3) is 6.13. The van der Waals surface area contributed by atoms with Gasteiger partial charge in [0.25, 0.3) is 0 Å². The number of nitrogens with zero attached hydrogens (tertiary/aromatic N) is 1. The molecule has 200 valence electrons. The van der Waals surface area contributed by atoms with Crippen LogP contribution >= 0.6 is 0 Å². The maximum absolute atomic E-state index is 15.5. The van der Waals surface area contributed by atoms with E-state index in [1.807, 2.05) is 36.1 Å². The average molecular weight is 512 g/mol. The van der Waals surface area contributed by atoms with Gasteiger partial charge in [0.15, 0.2) is 0 Å². The van der Waals surface area contributed by atoms with Crippen molar-refractivity contribution < 1.29 is 24.2 Å². The molecule has 2 aromatic carbocycles. The number of carboxylic acid groups (broad SMARTS) is 1. The van der Waals surface area contributed by atoms with Gasteiger partial charge in [-0.15, -0.1) is 0 Å². The van der Waals surface area contributed by atoms with E-state index < -0.39 is 17.5 Å². The Bertz CT molecular complexity index is 1100. The largest absolute Gasteiger partial charge is 0.465 e. The van der Waals surface area contributed by atoms with Crippen LogP contribution in [0.3, 0.4) is 0 Å². The molecule has 0 radical (unpaired) electrons. The normalized spacial score (nSPS) is 21.4. The monoisotopic (exact) mass is 511 g/mol. The third-order valence-electron chi connectivity index (χ3n) is 7.93. The van der Waals surface area contributed by atoms with Crippen LogP contribution in [0.1, 0.15) is 50.2 Å². The zero-order chi connectivity index (χ0) is 26.4. The lowest BCUT2D eigenvalue weighted by Gasteiger charge is -2.44. The molecule has 0 spiro atoms. The molecule has 2 aliphatic rings. The Kier molecular flexibility index (Phi) is 8.82. The smallest absolute Gasteiger partial charge is 0.404 e. The standard InChI is InChI=1S/C29H38FN3O4/c1-2-20-7-3-8-21(17-20)26-24(10-4-11-25(26)30)29(37,13-6-14-32-28(35)36)23-9-5-16-33(19-23)27(34)22-12-15-31-18-22/h3-4,7-8,10-11,17,22-23,31-32,37H,2,5-6,9,12-16,18-19H2,1H3,(H,35,36)/t22-,23-,29+/m1/s1. The molecule has 7 nitrogen and oxygen atoms in total. The Labute approximate surface area is 218 Å². The quantitative estimate of drug-likeness (QED) is 0.379. The topological polar surface area (TPSA) is 102 Å². The molecule has 2 fully saturated rings. The average Bonchev–Trinajstić information content (AvgIpc) is 3.45. The van der Waals surface area contributed by atoms with Crippen molar-refractivity contribution in [2.45, 2.75) is 51.0 Å². The number of carbonyl (C=O) groups is 2. The van der Waals surface area contributed by atoms with E-state index in [0.29, 0.717) is 49.2 Å². The van der Waals surface area contributed by atoms with E-state index in [9.17, 15) is 14.7 Å². The van der Waals surface area contributed by atoms with E-state index in [1.165, 1.54) is 6.07 Å². The van der Waals surface area contributed by atoms with Crippen LogP contribution in [0.2, 0.25) is 0 Å². The molecule has 2 heterocycles. The number of likely N-dealkylation sites (tertiary alicyclic amines) is 1. The summed E-state index contributed by atoms with van der Waals surface area (Å²) in [6.07, 6.45) is 2.57. The molecule has 2 amide bonds. The number of benzene rings is 2. The Morgan fingerprint density at radius 1 is 1.22 bits per heavy atom. The van der Waals surface area contributed by atoms with Gasteiger partial charge in [-0.3, -0.25) is 4.79 Å². The first-order valence-corrected chi connectivity index (χ1v) is 13.4. The van der Waals surface area contributed by atoms with Crippen LogP contribution in [0.5, 0.6) is 0 Å². The summed E-state index contributed by atoms with van der Waals surface area (Å²) in [7, 11) is 0. The van der Waals surface area contributed by atoms with Gasteiger partial charge in [0.2, 0.25) is 5.91 Å². The van der Waals surface area contributed by atoms with Crippen molar-refractivity contribution >= 4 is 12.0 Å². The second kappa shape index (κ2) is 12.0. The number of amides is 2. The third-order valence-corrected chi connectivity index (χ3v) is 7.93. The summed E-state index contributed by atoms with van der Waals surface area (Å²) in [5.74, 6) is -0.652. The predicted octanol–water partition coefficient (Wildman–Crippen LogP) is 4.14. The molecular formula is C29H38FN3O4. The van der Waals surface area contributed by atoms with Crippen molar-refractivity contribution in [1.29, 1.82) is 0 Å². The van der Waals surface area contributed by atoms with E-state index in [-0.39, 0.29) is 30.7 Å². The molecule has 0 aliphatic carbocycles. The summed E-state index contributed by atoms with van der Waals surface area (Å²) in [6.45, 7) is 4.77. The Morgan fingerprint density at radius 2 is 2.03 bits per heavy atom. The Balaban J connectivity index is 1.71. The molecule has 8 heteroatoms. The van der Waals surface area contributed by atoms with Gasteiger partial charge in [0, 0.05) is 37.7 Å². The lowest BCUT2D eigenvalue weighted by atomic mass is 9.72. The molecule has 2 saturated heterocycles. The van der Waals surface area contributed by atoms with Crippen molar-refractivity contribution in [2.75, 3.05) is 32.7 Å². The minimum Gasteiger partial charge on any atom is -0.465 e. The minimum atomic E-state index is -1.44. The van der Waals surface area contributed by atoms with E-state index in [4.69, 9.17) is 5.11 Å². The number of aryl methyl sites for hydroxylation is 1. The Hall–Kier alpha value is -2.97. The number of hydrogen-bond donors (Lipinski definition) is 4. The molecule has 0 aromatic heterocycles. The van der Waals surface area contributed by atoms with Crippen LogP contribution < -0.4 is 10.6 Å². The van der Waals surface area contributed by atoms with Crippen molar-refractivity contribution in [3.63, 3.8) is 0 Å². The van der Waals surface area contributed by atoms with Gasteiger partial charge >= 0.3 is 6.09 Å². The minimum absolute atomic E-state index is 0.0480. The van der Waals surface area contributed by atoms with Gasteiger partial charge in [-0.25, -0.2) is 9.18 Å². The number of nitrogens with one attached hydrogen (secondary N) is 2. The molecule has 0 unspecified atom stereocenters. The van der Waals surface area contributed by atoms with Gasteiger partial charge in [-0.2, -0.15) is 0 Å². The van der Waals surface area contributed by atoms with Crippen molar-refractivity contribution in [2.24, 2.45) is 11.8 Å². The number of rotatable bonds is 9. The second-order valence-corrected chi connectivity index (χ2v) is 10.3. The van der Waals surface area contributed by atoms with Gasteiger partial charge in [0.1, 0.15) is 5.82 Å². The van der Waals surface area contributed by atoms with Gasteiger partial charge in [-0.1, -0.05) is 43.3 Å². The number of aliphatic hydroxyl groups is 1. The fraction of sp³-hybridized carbons (Fsp3) is 0.517. The maximum atomic E-state index is 15.5. The van der Waals surface area contributed by atoms with Crippen molar-refractivity contribution in [3.8, 4) is 11.1 Å². The van der Waals surface area contributed by atoms with E-state index >= 15 is 4.39 Å². The summed E-state index contributed by atoms with van der Waals surface area (Å²) >= 11 is 0. The van der Waals surface area contributed by atoms with Crippen molar-refractivity contribution in [1.82, 2.24) is 15.5 Å². The molecule has 2 aliphatic heterocycles. The van der Waals surface area contributed by atoms with E-state index in [0.717, 1.165) is 31.4 Å². The van der Waals surface area contributed by atoms with E-state index in [1.54, 1.807) is 12.1 Å². The first-order valence-electron chi connectivity index (χ1n) is 13.4. The first-order chi connectivity index (χ1) is 17.8. The maximum Gasteiger partial charge on any atom is 0.404 e. The zero-order valence-electron chi connectivity index (χ0n) is 21.5. The summed E-state index contributed by atoms with van der Waals surface area (Å²) in [5.41, 5.74) is 1.20. The van der Waals surface area contributed by atoms with Crippen LogP contribution in [0.25, 0.3) is 11.1 Å². The van der Waals surface area contributed by atoms with E-state index in [2.05, 4.69) is 10.6 Å². The number of carbonyl (C=O) groups excluding carboxylic acids is 1. The molecule has 0 bridgehead atoms. The summed E-state index contributed by atoms with van der Waals surface area (Å²) in [6, 6.07) is 12.5. The highest BCUT2D eigenvalue weighted by Crippen LogP contribution is 2.44. The summed E-state index contributed by atoms with van der Waals surface area (Å²) in [5, 5.41) is 27.1. The van der Waals surface area contributed by atoms with Crippen LogP contribution in [-0.4, -0.2) is 59.8 Å². The SMILES string of the molecule is CCc1cccc(-c2c(F)cccc2[C@](O)(CCCNC(=O)O)[C@@H]2CCCN(C(=O)[C@@H]3CCNC3)C2)c1. The second-order valence-electron chi connectivity index (χ2n) is 10.3. The van der Waals surface area contributed by atoms with Gasteiger partial charge in [-0.05, 0) is 67.8 Å². The van der Waals surface area contributed by atoms with Crippen molar-refractivity contribution in [3.05, 3.63) is 59.4 Å². The van der Waals surface area contributed by atoms with Gasteiger partial charge in [0.05, 0.1) is 11.5 Å². The highest BCUT2D eigenvalue weighted by atomic mass is 19.1. The molecule has 2 aromatic rings. The van der Waals surface area contributed by atoms with Gasteiger partial charge < -0.3 is 25.7 Å². The highest BCUT2D eigenvalue weighted by Gasteiger charge is 2.43. The number of halogens is 1. The van der Waals surface area contributed by atoms with Crippen LogP contribution in [0.4, 0.5) is 9.18 Å². The summed E-state index contributed by atoms with van der Waals surface area (Å²) < 4.78 is 15.5. The predicted molar refractivity (Wildman–Crippen MR) is 141 cm³/mol. The molecule has 4 N–H and O–H groups in total. The number of piperidine rings is 1. The first kappa shape index (κ1) is 27.1. The van der Waals surface area contributed by atoms with Crippen LogP contribution in [0, 0.1) is 17.7 Å². The van der Waals surface area contributed by atoms with Crippen LogP contribution in [0.15, 0.2) is 42.5 Å². The molecule has 4 rings (SSSR count). The lowest BCUT2D eigenvalue weighted by Crippen LogP contribution is -2.50. The molecule has 37 heavy (non-hydrogen) atoms. The molecule has 3 atom stereocenters. The highest BCUT2D eigenvalue weighted by molar-refractivity contribution is 5.79. The van der Waals surface area contributed by atoms with Crippen LogP contribution in [-0.2, 0) is 16.8 Å². The Morgan fingerprint density at radius 3 is 2.76 bits per heavy atom. The molecular weight excluding hydrogens is 473 g/mol. The zero-order valence-corrected chi connectivity index (χ0v) is 21.5. The lowest BCUT2D eigenvalue weighted by molar-refractivity contribution is -0.140.